The van der Waals surface area contributed by atoms with E-state index in [1.54, 1.807) is 24.4 Å². The fourth-order valence-corrected chi connectivity index (χ4v) is 1.96. The van der Waals surface area contributed by atoms with Crippen molar-refractivity contribution >= 4 is 34.1 Å². The van der Waals surface area contributed by atoms with Gasteiger partial charge in [0, 0.05) is 16.6 Å². The smallest absolute Gasteiger partial charge is 0.174 e. The van der Waals surface area contributed by atoms with Crippen LogP contribution in [0.3, 0.4) is 0 Å². The van der Waals surface area contributed by atoms with Gasteiger partial charge in [0.2, 0.25) is 0 Å². The van der Waals surface area contributed by atoms with E-state index in [1.807, 2.05) is 24.3 Å². The zero-order valence-electron chi connectivity index (χ0n) is 9.84. The van der Waals surface area contributed by atoms with Crippen LogP contribution in [0.15, 0.2) is 48.7 Å². The maximum absolute atomic E-state index is 9.65. The average Bonchev–Trinajstić information content (AvgIpc) is 2.41. The van der Waals surface area contributed by atoms with E-state index in [4.69, 9.17) is 11.6 Å². The Morgan fingerprint density at radius 3 is 2.84 bits per heavy atom. The minimum Gasteiger partial charge on any atom is -0.504 e. The van der Waals surface area contributed by atoms with E-state index in [9.17, 15) is 5.11 Å². The van der Waals surface area contributed by atoms with Gasteiger partial charge in [-0.2, -0.15) is 0 Å². The highest BCUT2D eigenvalue weighted by molar-refractivity contribution is 6.31. The van der Waals surface area contributed by atoms with Crippen molar-refractivity contribution in [2.45, 2.75) is 0 Å². The van der Waals surface area contributed by atoms with Gasteiger partial charge in [-0.3, -0.25) is 0 Å². The summed E-state index contributed by atoms with van der Waals surface area (Å²) in [6.45, 7) is 0. The van der Waals surface area contributed by atoms with Crippen LogP contribution < -0.4 is 5.32 Å². The SMILES string of the molecule is Oc1cccnc1Nc1ccc2cc(Cl)ccc2n1. The summed E-state index contributed by atoms with van der Waals surface area (Å²) in [6, 6.07) is 12.4. The molecular weight excluding hydrogens is 262 g/mol. The maximum Gasteiger partial charge on any atom is 0.174 e. The first-order chi connectivity index (χ1) is 9.22. The minimum absolute atomic E-state index is 0.0838. The van der Waals surface area contributed by atoms with E-state index in [0.29, 0.717) is 16.7 Å². The highest BCUT2D eigenvalue weighted by atomic mass is 35.5. The number of aromatic hydroxyl groups is 1. The summed E-state index contributed by atoms with van der Waals surface area (Å²) in [4.78, 5) is 8.48. The number of halogens is 1. The van der Waals surface area contributed by atoms with E-state index in [1.165, 1.54) is 0 Å². The summed E-state index contributed by atoms with van der Waals surface area (Å²) in [6.07, 6.45) is 1.60. The second-order valence-corrected chi connectivity index (χ2v) is 4.47. The van der Waals surface area contributed by atoms with Crippen LogP contribution in [0.4, 0.5) is 11.6 Å². The number of nitrogens with one attached hydrogen (secondary N) is 1. The average molecular weight is 272 g/mol. The summed E-state index contributed by atoms with van der Waals surface area (Å²) < 4.78 is 0. The highest BCUT2D eigenvalue weighted by Gasteiger charge is 2.04. The molecule has 0 bridgehead atoms. The molecule has 19 heavy (non-hydrogen) atoms. The van der Waals surface area contributed by atoms with Crippen molar-refractivity contribution in [1.82, 2.24) is 9.97 Å². The van der Waals surface area contributed by atoms with Crippen molar-refractivity contribution in [3.05, 3.63) is 53.7 Å². The predicted octanol–water partition coefficient (Wildman–Crippen LogP) is 3.73. The molecule has 0 atom stereocenters. The molecule has 0 fully saturated rings. The maximum atomic E-state index is 9.65. The molecule has 0 unspecified atom stereocenters. The summed E-state index contributed by atoms with van der Waals surface area (Å²) in [5, 5.41) is 14.3. The van der Waals surface area contributed by atoms with Gasteiger partial charge >= 0.3 is 0 Å². The van der Waals surface area contributed by atoms with Gasteiger partial charge in [0.25, 0.3) is 0 Å². The number of pyridine rings is 2. The van der Waals surface area contributed by atoms with Gasteiger partial charge in [-0.05, 0) is 42.5 Å². The summed E-state index contributed by atoms with van der Waals surface area (Å²) in [5.41, 5.74) is 0.824. The Morgan fingerprint density at radius 2 is 2.00 bits per heavy atom. The largest absolute Gasteiger partial charge is 0.504 e. The zero-order chi connectivity index (χ0) is 13.2. The number of hydrogen-bond donors (Lipinski definition) is 2. The van der Waals surface area contributed by atoms with Crippen LogP contribution in [-0.2, 0) is 0 Å². The highest BCUT2D eigenvalue weighted by Crippen LogP contribution is 2.24. The van der Waals surface area contributed by atoms with Gasteiger partial charge in [-0.15, -0.1) is 0 Å². The number of benzene rings is 1. The summed E-state index contributed by atoms with van der Waals surface area (Å²) >= 11 is 5.92. The number of anilines is 2. The third-order valence-electron chi connectivity index (χ3n) is 2.68. The van der Waals surface area contributed by atoms with Crippen LogP contribution in [-0.4, -0.2) is 15.1 Å². The number of nitrogens with zero attached hydrogens (tertiary/aromatic N) is 2. The summed E-state index contributed by atoms with van der Waals surface area (Å²) in [5.74, 6) is 1.08. The molecule has 4 nitrogen and oxygen atoms in total. The molecule has 0 aliphatic heterocycles. The van der Waals surface area contributed by atoms with Crippen molar-refractivity contribution in [2.24, 2.45) is 0 Å². The van der Waals surface area contributed by atoms with E-state index < -0.39 is 0 Å². The first-order valence-corrected chi connectivity index (χ1v) is 6.07. The van der Waals surface area contributed by atoms with Crippen molar-refractivity contribution in [3.8, 4) is 5.75 Å². The molecule has 1 aromatic carbocycles. The third kappa shape index (κ3) is 2.44. The normalized spacial score (nSPS) is 10.6. The van der Waals surface area contributed by atoms with Gasteiger partial charge in [0.1, 0.15) is 5.82 Å². The molecule has 2 N–H and O–H groups in total. The molecular formula is C14H10ClN3O. The van der Waals surface area contributed by atoms with E-state index >= 15 is 0 Å². The molecule has 94 valence electrons. The molecule has 3 aromatic rings. The molecule has 0 saturated carbocycles. The monoisotopic (exact) mass is 271 g/mol. The number of rotatable bonds is 2. The predicted molar refractivity (Wildman–Crippen MR) is 75.9 cm³/mol. The Morgan fingerprint density at radius 1 is 1.11 bits per heavy atom. The molecule has 2 aromatic heterocycles. The van der Waals surface area contributed by atoms with Gasteiger partial charge in [-0.25, -0.2) is 9.97 Å². The lowest BCUT2D eigenvalue weighted by Gasteiger charge is -2.07. The Balaban J connectivity index is 1.98. The van der Waals surface area contributed by atoms with Gasteiger partial charge in [-0.1, -0.05) is 11.6 Å². The number of aromatic nitrogens is 2. The lowest BCUT2D eigenvalue weighted by molar-refractivity contribution is 0.475. The van der Waals surface area contributed by atoms with Crippen LogP contribution in [0, 0.1) is 0 Å². The molecule has 0 amide bonds. The quantitative estimate of drug-likeness (QED) is 0.746. The molecule has 0 spiro atoms. The zero-order valence-corrected chi connectivity index (χ0v) is 10.6. The topological polar surface area (TPSA) is 58.0 Å². The molecule has 0 aliphatic carbocycles. The Labute approximate surface area is 114 Å². The fourth-order valence-electron chi connectivity index (χ4n) is 1.78. The van der Waals surface area contributed by atoms with Gasteiger partial charge < -0.3 is 10.4 Å². The lowest BCUT2D eigenvalue weighted by atomic mass is 10.2. The fraction of sp³-hybridized carbons (Fsp3) is 0. The van der Waals surface area contributed by atoms with Crippen molar-refractivity contribution in [1.29, 1.82) is 0 Å². The third-order valence-corrected chi connectivity index (χ3v) is 2.92. The second-order valence-electron chi connectivity index (χ2n) is 4.03. The number of hydrogen-bond acceptors (Lipinski definition) is 4. The van der Waals surface area contributed by atoms with E-state index in [-0.39, 0.29) is 5.75 Å². The van der Waals surface area contributed by atoms with Crippen molar-refractivity contribution in [2.75, 3.05) is 5.32 Å². The molecule has 2 heterocycles. The van der Waals surface area contributed by atoms with Crippen molar-refractivity contribution < 1.29 is 5.11 Å². The van der Waals surface area contributed by atoms with Gasteiger partial charge in [0.15, 0.2) is 11.6 Å². The molecule has 0 aliphatic rings. The first-order valence-electron chi connectivity index (χ1n) is 5.70. The summed E-state index contributed by atoms with van der Waals surface area (Å²) in [7, 11) is 0. The Bertz CT molecular complexity index is 746. The molecule has 5 heteroatoms. The number of fused-ring (bicyclic) bond motifs is 1. The van der Waals surface area contributed by atoms with Crippen LogP contribution in [0.5, 0.6) is 5.75 Å². The van der Waals surface area contributed by atoms with Crippen LogP contribution >= 0.6 is 11.6 Å². The Hall–Kier alpha value is -2.33. The van der Waals surface area contributed by atoms with Crippen molar-refractivity contribution in [3.63, 3.8) is 0 Å². The molecule has 0 radical (unpaired) electrons. The molecule has 0 saturated heterocycles. The van der Waals surface area contributed by atoms with Crippen LogP contribution in [0.2, 0.25) is 5.02 Å². The van der Waals surface area contributed by atoms with Crippen LogP contribution in [0.25, 0.3) is 10.9 Å². The van der Waals surface area contributed by atoms with E-state index in [0.717, 1.165) is 10.9 Å². The van der Waals surface area contributed by atoms with Gasteiger partial charge in [0.05, 0.1) is 5.52 Å². The lowest BCUT2D eigenvalue weighted by Crippen LogP contribution is -1.96. The first kappa shape index (κ1) is 11.7. The van der Waals surface area contributed by atoms with E-state index in [2.05, 4.69) is 15.3 Å². The Kier molecular flexibility index (Phi) is 2.93. The standard InChI is InChI=1S/C14H10ClN3O/c15-10-4-5-11-9(8-10)3-6-13(17-11)18-14-12(19)2-1-7-16-14/h1-8,19H,(H,16,17,18). The van der Waals surface area contributed by atoms with Crippen LogP contribution in [0.1, 0.15) is 0 Å². The molecule has 3 rings (SSSR count). The minimum atomic E-state index is 0.0838. The second kappa shape index (κ2) is 4.74.